The van der Waals surface area contributed by atoms with E-state index in [0.717, 1.165) is 25.1 Å². The Kier molecular flexibility index (Phi) is 3.78. The summed E-state index contributed by atoms with van der Waals surface area (Å²) in [6.07, 6.45) is 4.02. The molecule has 1 aliphatic heterocycles. The first-order valence-corrected chi connectivity index (χ1v) is 6.16. The smallest absolute Gasteiger partial charge is 0.237 e. The molecule has 94 valence electrons. The van der Waals surface area contributed by atoms with Crippen molar-refractivity contribution in [2.24, 2.45) is 13.0 Å². The van der Waals surface area contributed by atoms with Crippen LogP contribution in [-0.4, -0.2) is 28.3 Å². The first-order valence-electron chi connectivity index (χ1n) is 6.16. The first-order chi connectivity index (χ1) is 8.18. The second kappa shape index (κ2) is 5.31. The zero-order chi connectivity index (χ0) is 12.3. The van der Waals surface area contributed by atoms with Gasteiger partial charge in [0.25, 0.3) is 0 Å². The minimum atomic E-state index is -0.0445. The van der Waals surface area contributed by atoms with Crippen LogP contribution in [0.25, 0.3) is 0 Å². The highest BCUT2D eigenvalue weighted by molar-refractivity contribution is 5.82. The number of nitrogens with one attached hydrogen (secondary N) is 2. The molecule has 0 aromatic carbocycles. The number of aromatic nitrogens is 2. The van der Waals surface area contributed by atoms with E-state index in [1.165, 1.54) is 0 Å². The largest absolute Gasteiger partial charge is 0.349 e. The molecule has 0 spiro atoms. The van der Waals surface area contributed by atoms with Gasteiger partial charge < -0.3 is 10.6 Å². The predicted octanol–water partition coefficient (Wildman–Crippen LogP) is 0.424. The molecular weight excluding hydrogens is 216 g/mol. The monoisotopic (exact) mass is 236 g/mol. The third-order valence-corrected chi connectivity index (χ3v) is 3.42. The lowest BCUT2D eigenvalue weighted by atomic mass is 9.92. The molecule has 2 heterocycles. The molecular formula is C12H20N4O. The Bertz CT molecular complexity index is 388. The summed E-state index contributed by atoms with van der Waals surface area (Å²) in [6.45, 7) is 3.61. The summed E-state index contributed by atoms with van der Waals surface area (Å²) in [7, 11) is 1.88. The Morgan fingerprint density at radius 3 is 3.18 bits per heavy atom. The highest BCUT2D eigenvalue weighted by Crippen LogP contribution is 2.15. The fraction of sp³-hybridized carbons (Fsp3) is 0.667. The first kappa shape index (κ1) is 12.1. The maximum absolute atomic E-state index is 12.0. The van der Waals surface area contributed by atoms with Gasteiger partial charge in [0.15, 0.2) is 0 Å². The van der Waals surface area contributed by atoms with E-state index in [1.54, 1.807) is 10.9 Å². The van der Waals surface area contributed by atoms with E-state index in [1.807, 2.05) is 13.1 Å². The minimum Gasteiger partial charge on any atom is -0.349 e. The number of amides is 1. The third kappa shape index (κ3) is 2.85. The van der Waals surface area contributed by atoms with Crippen LogP contribution in [0.4, 0.5) is 0 Å². The van der Waals surface area contributed by atoms with E-state index in [2.05, 4.69) is 22.7 Å². The molecule has 0 aliphatic carbocycles. The second-order valence-electron chi connectivity index (χ2n) is 4.72. The molecule has 0 bridgehead atoms. The number of piperidine rings is 1. The van der Waals surface area contributed by atoms with Crippen LogP contribution in [-0.2, 0) is 18.4 Å². The van der Waals surface area contributed by atoms with Gasteiger partial charge in [-0.2, -0.15) is 5.10 Å². The van der Waals surface area contributed by atoms with Crippen LogP contribution in [0.1, 0.15) is 25.5 Å². The van der Waals surface area contributed by atoms with E-state index in [-0.39, 0.29) is 11.9 Å². The van der Waals surface area contributed by atoms with Crippen LogP contribution < -0.4 is 10.6 Å². The average molecular weight is 236 g/mol. The zero-order valence-corrected chi connectivity index (χ0v) is 10.4. The van der Waals surface area contributed by atoms with Crippen molar-refractivity contribution in [2.75, 3.05) is 6.54 Å². The summed E-state index contributed by atoms with van der Waals surface area (Å²) in [5.74, 6) is 0.508. The second-order valence-corrected chi connectivity index (χ2v) is 4.72. The molecule has 2 rings (SSSR count). The molecule has 1 saturated heterocycles. The summed E-state index contributed by atoms with van der Waals surface area (Å²) in [6, 6.07) is 1.87. The van der Waals surface area contributed by atoms with Gasteiger partial charge in [-0.1, -0.05) is 6.92 Å². The van der Waals surface area contributed by atoms with E-state index in [9.17, 15) is 4.79 Å². The van der Waals surface area contributed by atoms with Crippen LogP contribution >= 0.6 is 0 Å². The molecule has 2 atom stereocenters. The van der Waals surface area contributed by atoms with Crippen molar-refractivity contribution in [3.8, 4) is 0 Å². The number of nitrogens with zero attached hydrogens (tertiary/aromatic N) is 2. The van der Waals surface area contributed by atoms with Crippen LogP contribution in [0.3, 0.4) is 0 Å². The molecule has 1 amide bonds. The van der Waals surface area contributed by atoms with Crippen molar-refractivity contribution >= 4 is 5.91 Å². The Hall–Kier alpha value is -1.36. The van der Waals surface area contributed by atoms with Gasteiger partial charge in [-0.05, 0) is 31.4 Å². The Morgan fingerprint density at radius 1 is 1.71 bits per heavy atom. The average Bonchev–Trinajstić information content (AvgIpc) is 2.72. The normalized spacial score (nSPS) is 24.6. The summed E-state index contributed by atoms with van der Waals surface area (Å²) in [5, 5.41) is 10.3. The fourth-order valence-corrected chi connectivity index (χ4v) is 2.26. The lowest BCUT2D eigenvalue weighted by Gasteiger charge is -2.28. The SMILES string of the molecule is CC1CCCNC1C(=O)NCc1ccnn1C. The van der Waals surface area contributed by atoms with Crippen LogP contribution in [0.5, 0.6) is 0 Å². The summed E-state index contributed by atoms with van der Waals surface area (Å²) < 4.78 is 1.78. The molecule has 1 aromatic rings. The highest BCUT2D eigenvalue weighted by atomic mass is 16.2. The zero-order valence-electron chi connectivity index (χ0n) is 10.4. The number of aryl methyl sites for hydroxylation is 1. The summed E-state index contributed by atoms with van der Waals surface area (Å²) in [5.41, 5.74) is 1.02. The number of rotatable bonds is 3. The topological polar surface area (TPSA) is 59.0 Å². The van der Waals surface area contributed by atoms with Crippen LogP contribution in [0.2, 0.25) is 0 Å². The standard InChI is InChI=1S/C12H20N4O/c1-9-4-3-6-13-11(9)12(17)14-8-10-5-7-15-16(10)2/h5,7,9,11,13H,3-4,6,8H2,1-2H3,(H,14,17). The molecule has 5 nitrogen and oxygen atoms in total. The van der Waals surface area contributed by atoms with Crippen LogP contribution in [0.15, 0.2) is 12.3 Å². The van der Waals surface area contributed by atoms with Crippen molar-refractivity contribution in [2.45, 2.75) is 32.4 Å². The molecule has 17 heavy (non-hydrogen) atoms. The van der Waals surface area contributed by atoms with Crippen LogP contribution in [0, 0.1) is 5.92 Å². The highest BCUT2D eigenvalue weighted by Gasteiger charge is 2.26. The van der Waals surface area contributed by atoms with Gasteiger partial charge in [0, 0.05) is 13.2 Å². The van der Waals surface area contributed by atoms with Crippen molar-refractivity contribution < 1.29 is 4.79 Å². The lowest BCUT2D eigenvalue weighted by Crippen LogP contribution is -2.50. The summed E-state index contributed by atoms with van der Waals surface area (Å²) in [4.78, 5) is 12.0. The minimum absolute atomic E-state index is 0.0445. The number of carbonyl (C=O) groups is 1. The van der Waals surface area contributed by atoms with Crippen molar-refractivity contribution in [1.29, 1.82) is 0 Å². The van der Waals surface area contributed by atoms with E-state index >= 15 is 0 Å². The van der Waals surface area contributed by atoms with E-state index in [4.69, 9.17) is 0 Å². The quantitative estimate of drug-likeness (QED) is 0.800. The molecule has 2 N–H and O–H groups in total. The van der Waals surface area contributed by atoms with E-state index in [0.29, 0.717) is 12.5 Å². The molecule has 5 heteroatoms. The van der Waals surface area contributed by atoms with Gasteiger partial charge in [0.2, 0.25) is 5.91 Å². The van der Waals surface area contributed by atoms with Gasteiger partial charge in [-0.25, -0.2) is 0 Å². The molecule has 2 unspecified atom stereocenters. The lowest BCUT2D eigenvalue weighted by molar-refractivity contribution is -0.125. The van der Waals surface area contributed by atoms with Gasteiger partial charge in [0.1, 0.15) is 0 Å². The van der Waals surface area contributed by atoms with Crippen molar-refractivity contribution in [1.82, 2.24) is 20.4 Å². The fourth-order valence-electron chi connectivity index (χ4n) is 2.26. The number of carbonyl (C=O) groups excluding carboxylic acids is 1. The van der Waals surface area contributed by atoms with Gasteiger partial charge in [-0.15, -0.1) is 0 Å². The number of hydrogen-bond donors (Lipinski definition) is 2. The number of hydrogen-bond acceptors (Lipinski definition) is 3. The molecule has 1 aromatic heterocycles. The Balaban J connectivity index is 1.86. The van der Waals surface area contributed by atoms with Crippen molar-refractivity contribution in [3.63, 3.8) is 0 Å². The van der Waals surface area contributed by atoms with Crippen molar-refractivity contribution in [3.05, 3.63) is 18.0 Å². The molecule has 1 aliphatic rings. The van der Waals surface area contributed by atoms with Gasteiger partial charge in [0.05, 0.1) is 18.3 Å². The predicted molar refractivity (Wildman–Crippen MR) is 65.2 cm³/mol. The Labute approximate surface area is 102 Å². The maximum atomic E-state index is 12.0. The summed E-state index contributed by atoms with van der Waals surface area (Å²) >= 11 is 0. The molecule has 0 saturated carbocycles. The molecule has 1 fully saturated rings. The Morgan fingerprint density at radius 2 is 2.53 bits per heavy atom. The third-order valence-electron chi connectivity index (χ3n) is 3.42. The maximum Gasteiger partial charge on any atom is 0.237 e. The van der Waals surface area contributed by atoms with Gasteiger partial charge >= 0.3 is 0 Å². The molecule has 0 radical (unpaired) electrons. The van der Waals surface area contributed by atoms with Gasteiger partial charge in [-0.3, -0.25) is 9.48 Å². The van der Waals surface area contributed by atoms with E-state index < -0.39 is 0 Å².